The molecule has 0 atom stereocenters. The Kier molecular flexibility index (Phi) is 10.2. The topological polar surface area (TPSA) is 86.0 Å². The van der Waals surface area contributed by atoms with Gasteiger partial charge in [-0.1, -0.05) is 165 Å². The van der Waals surface area contributed by atoms with E-state index in [-0.39, 0.29) is 0 Å². The molecule has 2 heterocycles. The maximum absolute atomic E-state index is 14.0. The zero-order valence-electron chi connectivity index (χ0n) is 32.6. The third-order valence-corrected chi connectivity index (χ3v) is 10.1. The SMILES string of the molecule is CCc1cc(N(Cc2ccc(-c3ccccc3-c3nnnn3C(c3ccccc3)(c3ccccc3)c3ccccc3)cc2)C(=O)OC(C)(C)C)c2ccccc2n1. The summed E-state index contributed by atoms with van der Waals surface area (Å²) in [5, 5.41) is 14.7. The highest BCUT2D eigenvalue weighted by atomic mass is 16.6. The summed E-state index contributed by atoms with van der Waals surface area (Å²) in [5.41, 5.74) is 7.82. The monoisotopic (exact) mass is 748 g/mol. The van der Waals surface area contributed by atoms with Crippen molar-refractivity contribution in [3.05, 3.63) is 198 Å². The second kappa shape index (κ2) is 15.7. The van der Waals surface area contributed by atoms with E-state index < -0.39 is 17.2 Å². The fourth-order valence-electron chi connectivity index (χ4n) is 7.57. The number of para-hydroxylation sites is 1. The molecule has 57 heavy (non-hydrogen) atoms. The van der Waals surface area contributed by atoms with Crippen LogP contribution in [0.25, 0.3) is 33.4 Å². The molecule has 0 aliphatic heterocycles. The number of hydrogen-bond donors (Lipinski definition) is 0. The van der Waals surface area contributed by atoms with Crippen LogP contribution in [0, 0.1) is 0 Å². The summed E-state index contributed by atoms with van der Waals surface area (Å²) in [4.78, 5) is 20.5. The van der Waals surface area contributed by atoms with E-state index in [4.69, 9.17) is 20.0 Å². The van der Waals surface area contributed by atoms with Crippen molar-refractivity contribution in [3.8, 4) is 22.5 Å². The second-order valence-corrected chi connectivity index (χ2v) is 15.0. The van der Waals surface area contributed by atoms with Gasteiger partial charge in [0.05, 0.1) is 17.7 Å². The van der Waals surface area contributed by atoms with Crippen LogP contribution in [0.4, 0.5) is 10.5 Å². The molecule has 8 aromatic rings. The number of amides is 1. The maximum atomic E-state index is 14.0. The Balaban J connectivity index is 1.22. The van der Waals surface area contributed by atoms with Crippen molar-refractivity contribution in [2.45, 2.75) is 51.8 Å². The number of fused-ring (bicyclic) bond motifs is 1. The van der Waals surface area contributed by atoms with E-state index in [2.05, 4.69) is 121 Å². The van der Waals surface area contributed by atoms with E-state index in [1.165, 1.54) is 0 Å². The molecule has 0 spiro atoms. The van der Waals surface area contributed by atoms with Crippen molar-refractivity contribution < 1.29 is 9.53 Å². The van der Waals surface area contributed by atoms with E-state index in [1.54, 1.807) is 4.90 Å². The zero-order valence-corrected chi connectivity index (χ0v) is 32.6. The number of aryl methyl sites for hydroxylation is 1. The predicted molar refractivity (Wildman–Crippen MR) is 227 cm³/mol. The number of carbonyl (C=O) groups is 1. The maximum Gasteiger partial charge on any atom is 0.415 e. The number of carbonyl (C=O) groups excluding carboxylic acids is 1. The van der Waals surface area contributed by atoms with E-state index in [1.807, 2.05) is 86.1 Å². The number of tetrazole rings is 1. The fraction of sp³-hybridized carbons (Fsp3) is 0.163. The number of ether oxygens (including phenoxy) is 1. The molecule has 2 aromatic heterocycles. The summed E-state index contributed by atoms with van der Waals surface area (Å²) in [6.45, 7) is 8.03. The first-order valence-corrected chi connectivity index (χ1v) is 19.3. The minimum absolute atomic E-state index is 0.306. The Hall–Kier alpha value is -6.93. The van der Waals surface area contributed by atoms with Gasteiger partial charge in [-0.25, -0.2) is 9.48 Å². The lowest BCUT2D eigenvalue weighted by Gasteiger charge is -2.36. The second-order valence-electron chi connectivity index (χ2n) is 15.0. The molecule has 0 saturated carbocycles. The lowest BCUT2D eigenvalue weighted by atomic mass is 9.77. The van der Waals surface area contributed by atoms with Gasteiger partial charge in [-0.05, 0) is 83.1 Å². The number of benzene rings is 6. The van der Waals surface area contributed by atoms with Crippen molar-refractivity contribution in [1.29, 1.82) is 0 Å². The van der Waals surface area contributed by atoms with Crippen LogP contribution >= 0.6 is 0 Å². The van der Waals surface area contributed by atoms with Crippen LogP contribution in [0.3, 0.4) is 0 Å². The van der Waals surface area contributed by atoms with Crippen LogP contribution in [0.15, 0.2) is 170 Å². The highest BCUT2D eigenvalue weighted by Crippen LogP contribution is 2.43. The number of hydrogen-bond acceptors (Lipinski definition) is 6. The Morgan fingerprint density at radius 1 is 0.667 bits per heavy atom. The molecule has 0 bridgehead atoms. The molecule has 8 nitrogen and oxygen atoms in total. The summed E-state index contributed by atoms with van der Waals surface area (Å²) in [6.07, 6.45) is 0.321. The molecule has 6 aromatic carbocycles. The van der Waals surface area contributed by atoms with E-state index in [0.29, 0.717) is 12.4 Å². The molecular formula is C49H44N6O2. The Bertz CT molecular complexity index is 2520. The van der Waals surface area contributed by atoms with Gasteiger partial charge in [-0.3, -0.25) is 9.88 Å². The summed E-state index contributed by atoms with van der Waals surface area (Å²) in [5.74, 6) is 0.624. The van der Waals surface area contributed by atoms with Crippen LogP contribution in [0.1, 0.15) is 55.6 Å². The lowest BCUT2D eigenvalue weighted by Crippen LogP contribution is -2.39. The quantitative estimate of drug-likeness (QED) is 0.129. The number of aromatic nitrogens is 5. The summed E-state index contributed by atoms with van der Waals surface area (Å²) in [7, 11) is 0. The number of anilines is 1. The molecule has 0 aliphatic carbocycles. The van der Waals surface area contributed by atoms with E-state index in [0.717, 1.165) is 67.6 Å². The third kappa shape index (κ3) is 7.30. The molecule has 8 heteroatoms. The molecule has 0 radical (unpaired) electrons. The summed E-state index contributed by atoms with van der Waals surface area (Å²) in [6, 6.07) is 57.7. The largest absolute Gasteiger partial charge is 0.443 e. The van der Waals surface area contributed by atoms with Gasteiger partial charge in [0.25, 0.3) is 0 Å². The molecule has 282 valence electrons. The number of rotatable bonds is 10. The molecule has 0 fully saturated rings. The Morgan fingerprint density at radius 3 is 1.79 bits per heavy atom. The molecule has 0 N–H and O–H groups in total. The first kappa shape index (κ1) is 37.0. The Labute approximate surface area is 333 Å². The van der Waals surface area contributed by atoms with Crippen LogP contribution in [0.5, 0.6) is 0 Å². The highest BCUT2D eigenvalue weighted by Gasteiger charge is 2.42. The van der Waals surface area contributed by atoms with Crippen LogP contribution in [-0.4, -0.2) is 36.9 Å². The molecule has 0 aliphatic rings. The van der Waals surface area contributed by atoms with E-state index in [9.17, 15) is 4.79 Å². The first-order chi connectivity index (χ1) is 27.8. The predicted octanol–water partition coefficient (Wildman–Crippen LogP) is 10.9. The summed E-state index contributed by atoms with van der Waals surface area (Å²) >= 11 is 0. The van der Waals surface area contributed by atoms with Gasteiger partial charge >= 0.3 is 6.09 Å². The van der Waals surface area contributed by atoms with Crippen LogP contribution in [-0.2, 0) is 23.2 Å². The number of nitrogens with zero attached hydrogens (tertiary/aromatic N) is 6. The normalized spacial score (nSPS) is 11.7. The van der Waals surface area contributed by atoms with Crippen molar-refractivity contribution in [2.75, 3.05) is 4.90 Å². The van der Waals surface area contributed by atoms with Gasteiger partial charge in [0.15, 0.2) is 5.82 Å². The summed E-state index contributed by atoms with van der Waals surface area (Å²) < 4.78 is 7.94. The average molecular weight is 749 g/mol. The molecule has 1 amide bonds. The highest BCUT2D eigenvalue weighted by molar-refractivity contribution is 6.00. The van der Waals surface area contributed by atoms with Crippen LogP contribution in [0.2, 0.25) is 0 Å². The Morgan fingerprint density at radius 2 is 1.21 bits per heavy atom. The third-order valence-electron chi connectivity index (χ3n) is 10.1. The van der Waals surface area contributed by atoms with Gasteiger partial charge in [0, 0.05) is 16.6 Å². The zero-order chi connectivity index (χ0) is 39.4. The van der Waals surface area contributed by atoms with Crippen molar-refractivity contribution in [3.63, 3.8) is 0 Å². The smallest absolute Gasteiger partial charge is 0.415 e. The lowest BCUT2D eigenvalue weighted by molar-refractivity contribution is 0.0578. The molecule has 8 rings (SSSR count). The minimum atomic E-state index is -0.889. The number of pyridine rings is 1. The molecule has 0 unspecified atom stereocenters. The van der Waals surface area contributed by atoms with Crippen LogP contribution < -0.4 is 4.90 Å². The standard InChI is InChI=1S/C49H44N6O2/c1-5-40-33-45(43-27-17-18-28-44(43)50-40)54(47(56)57-48(2,3)4)34-35-29-31-36(32-30-35)41-25-15-16-26-42(41)46-51-52-53-55(46)49(37-19-9-6-10-20-37,38-21-11-7-12-22-38)39-23-13-8-14-24-39/h6-33H,5,34H2,1-4H3. The van der Waals surface area contributed by atoms with Crippen molar-refractivity contribution in [1.82, 2.24) is 25.2 Å². The van der Waals surface area contributed by atoms with Gasteiger partial charge in [0.2, 0.25) is 0 Å². The minimum Gasteiger partial charge on any atom is -0.443 e. The fourth-order valence-corrected chi connectivity index (χ4v) is 7.57. The first-order valence-electron chi connectivity index (χ1n) is 19.3. The van der Waals surface area contributed by atoms with Crippen molar-refractivity contribution >= 4 is 22.7 Å². The van der Waals surface area contributed by atoms with Gasteiger partial charge in [-0.2, -0.15) is 0 Å². The van der Waals surface area contributed by atoms with Crippen molar-refractivity contribution in [2.24, 2.45) is 0 Å². The van der Waals surface area contributed by atoms with E-state index >= 15 is 0 Å². The van der Waals surface area contributed by atoms with Gasteiger partial charge in [-0.15, -0.1) is 5.10 Å². The van der Waals surface area contributed by atoms with Gasteiger partial charge < -0.3 is 4.74 Å². The molecular weight excluding hydrogens is 705 g/mol. The molecule has 0 saturated heterocycles. The van der Waals surface area contributed by atoms with Gasteiger partial charge in [0.1, 0.15) is 11.1 Å². The average Bonchev–Trinajstić information content (AvgIpc) is 3.73.